The summed E-state index contributed by atoms with van der Waals surface area (Å²) in [6.45, 7) is 6.73. The molecule has 0 spiro atoms. The lowest BCUT2D eigenvalue weighted by atomic mass is 10.1. The van der Waals surface area contributed by atoms with Crippen LogP contribution in [0, 0.1) is 13.8 Å². The number of ether oxygens (including phenoxy) is 1. The maximum Gasteiger partial charge on any atom is 0.130 e. The molecule has 2 N–H and O–H groups in total. The number of benzene rings is 1. The molecule has 0 radical (unpaired) electrons. The van der Waals surface area contributed by atoms with Gasteiger partial charge in [0.1, 0.15) is 23.1 Å². The van der Waals surface area contributed by atoms with Crippen molar-refractivity contribution in [1.29, 1.82) is 0 Å². The summed E-state index contributed by atoms with van der Waals surface area (Å²) in [7, 11) is 1.67. The van der Waals surface area contributed by atoms with E-state index in [1.54, 1.807) is 7.11 Å². The number of nitrogens with zero attached hydrogens (tertiary/aromatic N) is 3. The summed E-state index contributed by atoms with van der Waals surface area (Å²) < 4.78 is 5.26. The molecule has 0 atom stereocenters. The number of aromatic nitrogens is 4. The zero-order valence-corrected chi connectivity index (χ0v) is 15.1. The van der Waals surface area contributed by atoms with E-state index in [0.717, 1.165) is 46.2 Å². The van der Waals surface area contributed by atoms with E-state index in [0.29, 0.717) is 12.4 Å². The van der Waals surface area contributed by atoms with Crippen LogP contribution in [-0.4, -0.2) is 27.3 Å². The van der Waals surface area contributed by atoms with Gasteiger partial charge in [-0.05, 0) is 43.5 Å². The summed E-state index contributed by atoms with van der Waals surface area (Å²) in [4.78, 5) is 9.02. The molecule has 0 saturated heterocycles. The molecule has 0 aliphatic carbocycles. The Labute approximate surface area is 147 Å². The van der Waals surface area contributed by atoms with Crippen molar-refractivity contribution in [2.24, 2.45) is 0 Å². The van der Waals surface area contributed by atoms with Gasteiger partial charge in [0.25, 0.3) is 0 Å². The maximum absolute atomic E-state index is 5.26. The third-order valence-electron chi connectivity index (χ3n) is 4.15. The highest BCUT2D eigenvalue weighted by atomic mass is 16.5. The zero-order chi connectivity index (χ0) is 17.8. The zero-order valence-electron chi connectivity index (χ0n) is 15.1. The molecule has 0 aliphatic heterocycles. The normalized spacial score (nSPS) is 10.7. The molecule has 25 heavy (non-hydrogen) atoms. The predicted molar refractivity (Wildman–Crippen MR) is 98.8 cm³/mol. The van der Waals surface area contributed by atoms with Gasteiger partial charge in [-0.3, -0.25) is 5.10 Å². The van der Waals surface area contributed by atoms with E-state index in [4.69, 9.17) is 4.74 Å². The molecule has 0 unspecified atom stereocenters. The predicted octanol–water partition coefficient (Wildman–Crippen LogP) is 3.67. The van der Waals surface area contributed by atoms with Crippen molar-refractivity contribution in [2.75, 3.05) is 12.4 Å². The third-order valence-corrected chi connectivity index (χ3v) is 4.15. The molecule has 3 aromatic rings. The molecule has 2 aromatic heterocycles. The van der Waals surface area contributed by atoms with Crippen LogP contribution < -0.4 is 10.1 Å². The van der Waals surface area contributed by atoms with Gasteiger partial charge in [-0.15, -0.1) is 0 Å². The summed E-state index contributed by atoms with van der Waals surface area (Å²) in [6.07, 6.45) is 0.920. The number of rotatable bonds is 6. The van der Waals surface area contributed by atoms with Crippen molar-refractivity contribution in [3.05, 3.63) is 53.0 Å². The number of aromatic amines is 1. The molecule has 0 bridgehead atoms. The minimum absolute atomic E-state index is 0.660. The second kappa shape index (κ2) is 7.34. The molecule has 0 amide bonds. The number of nitrogens with one attached hydrogen (secondary N) is 2. The van der Waals surface area contributed by atoms with Crippen LogP contribution in [0.2, 0.25) is 0 Å². The monoisotopic (exact) mass is 337 g/mol. The number of hydrogen-bond donors (Lipinski definition) is 2. The minimum Gasteiger partial charge on any atom is -0.497 e. The SMILES string of the molecule is CCc1[nH]nc(-c2cc(NCc3cccc(OC)c3)nc(C)n2)c1C. The lowest BCUT2D eigenvalue weighted by molar-refractivity contribution is 0.414. The average molecular weight is 337 g/mol. The van der Waals surface area contributed by atoms with Crippen LogP contribution in [0.3, 0.4) is 0 Å². The van der Waals surface area contributed by atoms with Gasteiger partial charge in [0.15, 0.2) is 0 Å². The second-order valence-electron chi connectivity index (χ2n) is 5.92. The molecule has 6 nitrogen and oxygen atoms in total. The second-order valence-corrected chi connectivity index (χ2v) is 5.92. The van der Waals surface area contributed by atoms with Gasteiger partial charge in [0.2, 0.25) is 0 Å². The fraction of sp³-hybridized carbons (Fsp3) is 0.316. The van der Waals surface area contributed by atoms with Gasteiger partial charge in [0.05, 0.1) is 12.8 Å². The Bertz CT molecular complexity index is 872. The number of H-pyrrole nitrogens is 1. The summed E-state index contributed by atoms with van der Waals surface area (Å²) in [5.41, 5.74) is 5.11. The first-order chi connectivity index (χ1) is 12.1. The largest absolute Gasteiger partial charge is 0.497 e. The standard InChI is InChI=1S/C19H23N5O/c1-5-16-12(2)19(24-23-16)17-10-18(22-13(3)21-17)20-11-14-7-6-8-15(9-14)25-4/h6-10H,5,11H2,1-4H3,(H,23,24)(H,20,21,22). The molecule has 130 valence electrons. The quantitative estimate of drug-likeness (QED) is 0.718. The lowest BCUT2D eigenvalue weighted by Gasteiger charge is -2.09. The van der Waals surface area contributed by atoms with Crippen LogP contribution in [0.25, 0.3) is 11.4 Å². The van der Waals surface area contributed by atoms with E-state index in [-0.39, 0.29) is 0 Å². The Morgan fingerprint density at radius 1 is 1.16 bits per heavy atom. The minimum atomic E-state index is 0.660. The van der Waals surface area contributed by atoms with Crippen molar-refractivity contribution in [2.45, 2.75) is 33.7 Å². The highest BCUT2D eigenvalue weighted by Gasteiger charge is 2.13. The summed E-state index contributed by atoms with van der Waals surface area (Å²) in [5.74, 6) is 2.34. The Kier molecular flexibility index (Phi) is 4.97. The summed E-state index contributed by atoms with van der Waals surface area (Å²) in [6, 6.07) is 9.91. The Morgan fingerprint density at radius 2 is 2.00 bits per heavy atom. The number of anilines is 1. The van der Waals surface area contributed by atoms with Crippen molar-refractivity contribution >= 4 is 5.82 Å². The lowest BCUT2D eigenvalue weighted by Crippen LogP contribution is -2.04. The Morgan fingerprint density at radius 3 is 2.72 bits per heavy atom. The van der Waals surface area contributed by atoms with E-state index < -0.39 is 0 Å². The molecule has 0 aliphatic rings. The Hall–Kier alpha value is -2.89. The summed E-state index contributed by atoms with van der Waals surface area (Å²) >= 11 is 0. The fourth-order valence-corrected chi connectivity index (χ4v) is 2.78. The van der Waals surface area contributed by atoms with Gasteiger partial charge in [-0.2, -0.15) is 5.10 Å². The first-order valence-electron chi connectivity index (χ1n) is 8.37. The van der Waals surface area contributed by atoms with Gasteiger partial charge >= 0.3 is 0 Å². The van der Waals surface area contributed by atoms with Crippen molar-refractivity contribution in [3.8, 4) is 17.1 Å². The van der Waals surface area contributed by atoms with Crippen LogP contribution in [-0.2, 0) is 13.0 Å². The van der Waals surface area contributed by atoms with Crippen LogP contribution in [0.15, 0.2) is 30.3 Å². The molecule has 0 saturated carbocycles. The van der Waals surface area contributed by atoms with Gasteiger partial charge in [0, 0.05) is 18.3 Å². The summed E-state index contributed by atoms with van der Waals surface area (Å²) in [5, 5.41) is 10.9. The molecule has 0 fully saturated rings. The van der Waals surface area contributed by atoms with Crippen molar-refractivity contribution in [1.82, 2.24) is 20.2 Å². The highest BCUT2D eigenvalue weighted by Crippen LogP contribution is 2.24. The Balaban J connectivity index is 1.82. The van der Waals surface area contributed by atoms with E-state index in [2.05, 4.69) is 45.4 Å². The van der Waals surface area contributed by atoms with Crippen molar-refractivity contribution < 1.29 is 4.74 Å². The van der Waals surface area contributed by atoms with Crippen LogP contribution in [0.5, 0.6) is 5.75 Å². The first kappa shape index (κ1) is 17.0. The van der Waals surface area contributed by atoms with Gasteiger partial charge in [-0.1, -0.05) is 19.1 Å². The van der Waals surface area contributed by atoms with E-state index >= 15 is 0 Å². The third kappa shape index (κ3) is 3.79. The fourth-order valence-electron chi connectivity index (χ4n) is 2.78. The molecular weight excluding hydrogens is 314 g/mol. The van der Waals surface area contributed by atoms with E-state index in [1.807, 2.05) is 31.2 Å². The van der Waals surface area contributed by atoms with Crippen LogP contribution >= 0.6 is 0 Å². The van der Waals surface area contributed by atoms with Gasteiger partial charge in [-0.25, -0.2) is 9.97 Å². The van der Waals surface area contributed by atoms with Gasteiger partial charge < -0.3 is 10.1 Å². The number of aryl methyl sites for hydroxylation is 2. The average Bonchev–Trinajstić information content (AvgIpc) is 3.00. The maximum atomic E-state index is 5.26. The number of hydrogen-bond acceptors (Lipinski definition) is 5. The highest BCUT2D eigenvalue weighted by molar-refractivity contribution is 5.63. The number of methoxy groups -OCH3 is 1. The molecule has 1 aromatic carbocycles. The molecule has 2 heterocycles. The topological polar surface area (TPSA) is 75.7 Å². The smallest absolute Gasteiger partial charge is 0.130 e. The first-order valence-corrected chi connectivity index (χ1v) is 8.37. The van der Waals surface area contributed by atoms with Crippen LogP contribution in [0.4, 0.5) is 5.82 Å². The molecule has 6 heteroatoms. The van der Waals surface area contributed by atoms with E-state index in [1.165, 1.54) is 0 Å². The van der Waals surface area contributed by atoms with E-state index in [9.17, 15) is 0 Å². The van der Waals surface area contributed by atoms with Crippen LogP contribution in [0.1, 0.15) is 29.6 Å². The molecule has 3 rings (SSSR count). The molecular formula is C19H23N5O. The van der Waals surface area contributed by atoms with Crippen molar-refractivity contribution in [3.63, 3.8) is 0 Å².